The highest BCUT2D eigenvalue weighted by molar-refractivity contribution is 5.91. The molecule has 0 saturated heterocycles. The molecule has 1 heterocycles. The van der Waals surface area contributed by atoms with E-state index in [1.54, 1.807) is 23.0 Å². The number of benzene rings is 2. The van der Waals surface area contributed by atoms with Crippen molar-refractivity contribution in [1.82, 2.24) is 9.78 Å². The van der Waals surface area contributed by atoms with E-state index in [0.717, 1.165) is 28.8 Å². The van der Waals surface area contributed by atoms with Crippen LogP contribution in [0.25, 0.3) is 0 Å². The first-order chi connectivity index (χ1) is 12.8. The number of nitrogens with zero attached hydrogens (tertiary/aromatic N) is 2. The summed E-state index contributed by atoms with van der Waals surface area (Å²) in [4.78, 5) is 12.3. The second kappa shape index (κ2) is 7.57. The summed E-state index contributed by atoms with van der Waals surface area (Å²) in [7, 11) is 0. The minimum absolute atomic E-state index is 0.194. The predicted octanol–water partition coefficient (Wildman–Crippen LogP) is 3.59. The summed E-state index contributed by atoms with van der Waals surface area (Å²) in [6.45, 7) is 4.13. The summed E-state index contributed by atoms with van der Waals surface area (Å²) in [5.41, 5.74) is 10.0. The smallest absolute Gasteiger partial charge is 0.230 e. The van der Waals surface area contributed by atoms with Crippen LogP contribution in [0, 0.1) is 25.5 Å². The van der Waals surface area contributed by atoms with Crippen LogP contribution < -0.4 is 11.1 Å². The molecule has 0 atom stereocenters. The Bertz CT molecular complexity index is 998. The van der Waals surface area contributed by atoms with Gasteiger partial charge in [-0.3, -0.25) is 9.48 Å². The first-order valence-electron chi connectivity index (χ1n) is 8.45. The summed E-state index contributed by atoms with van der Waals surface area (Å²) in [5, 5.41) is 6.98. The fourth-order valence-corrected chi connectivity index (χ4v) is 2.79. The van der Waals surface area contributed by atoms with Crippen molar-refractivity contribution in [1.29, 1.82) is 0 Å². The van der Waals surface area contributed by atoms with Crippen LogP contribution in [-0.4, -0.2) is 15.7 Å². The molecule has 0 spiro atoms. The Morgan fingerprint density at radius 3 is 2.63 bits per heavy atom. The van der Waals surface area contributed by atoms with Crippen molar-refractivity contribution in [2.45, 2.75) is 26.8 Å². The number of hydrogen-bond acceptors (Lipinski definition) is 3. The van der Waals surface area contributed by atoms with Crippen LogP contribution in [-0.2, 0) is 17.8 Å². The molecule has 0 unspecified atom stereocenters. The molecule has 140 valence electrons. The van der Waals surface area contributed by atoms with Crippen molar-refractivity contribution < 1.29 is 13.6 Å². The number of carbonyl (C=O) groups excluding carboxylic acids is 1. The van der Waals surface area contributed by atoms with Gasteiger partial charge in [-0.05, 0) is 54.3 Å². The van der Waals surface area contributed by atoms with Gasteiger partial charge in [0.25, 0.3) is 0 Å². The number of nitrogens with two attached hydrogens (primary N) is 1. The number of anilines is 2. The lowest BCUT2D eigenvalue weighted by molar-refractivity contribution is -0.115. The van der Waals surface area contributed by atoms with Crippen LogP contribution in [0.2, 0.25) is 0 Å². The summed E-state index contributed by atoms with van der Waals surface area (Å²) in [5.74, 6) is -1.59. The molecule has 2 aromatic carbocycles. The van der Waals surface area contributed by atoms with Crippen LogP contribution in [0.3, 0.4) is 0 Å². The van der Waals surface area contributed by atoms with E-state index in [1.807, 2.05) is 19.9 Å². The molecule has 0 aliphatic heterocycles. The average molecular weight is 370 g/mol. The maximum atomic E-state index is 13.3. The van der Waals surface area contributed by atoms with Gasteiger partial charge in [0.1, 0.15) is 0 Å². The molecule has 27 heavy (non-hydrogen) atoms. The highest BCUT2D eigenvalue weighted by atomic mass is 19.2. The molecule has 0 fully saturated rings. The van der Waals surface area contributed by atoms with E-state index in [0.29, 0.717) is 17.1 Å². The van der Waals surface area contributed by atoms with Gasteiger partial charge < -0.3 is 11.1 Å². The first kappa shape index (κ1) is 18.6. The maximum Gasteiger partial charge on any atom is 0.230 e. The first-order valence-corrected chi connectivity index (χ1v) is 8.45. The lowest BCUT2D eigenvalue weighted by Crippen LogP contribution is -2.16. The summed E-state index contributed by atoms with van der Waals surface area (Å²) in [6, 6.07) is 8.99. The van der Waals surface area contributed by atoms with Gasteiger partial charge in [-0.1, -0.05) is 12.1 Å². The predicted molar refractivity (Wildman–Crippen MR) is 100 cm³/mol. The number of nitrogen functional groups attached to an aromatic ring is 1. The fraction of sp³-hybridized carbons (Fsp3) is 0.200. The molecule has 3 rings (SSSR count). The molecule has 3 aromatic rings. The van der Waals surface area contributed by atoms with Crippen LogP contribution in [0.5, 0.6) is 0 Å². The Morgan fingerprint density at radius 1 is 1.11 bits per heavy atom. The normalized spacial score (nSPS) is 10.8. The minimum Gasteiger partial charge on any atom is -0.399 e. The third-order valence-electron chi connectivity index (χ3n) is 4.53. The molecular weight excluding hydrogens is 350 g/mol. The van der Waals surface area contributed by atoms with Crippen LogP contribution in [0.15, 0.2) is 42.6 Å². The third kappa shape index (κ3) is 4.31. The van der Waals surface area contributed by atoms with Gasteiger partial charge in [-0.25, -0.2) is 8.78 Å². The summed E-state index contributed by atoms with van der Waals surface area (Å²) < 4.78 is 27.8. The van der Waals surface area contributed by atoms with Crippen molar-refractivity contribution in [2.24, 2.45) is 0 Å². The third-order valence-corrected chi connectivity index (χ3v) is 4.53. The van der Waals surface area contributed by atoms with Crippen molar-refractivity contribution in [3.63, 3.8) is 0 Å². The van der Waals surface area contributed by atoms with Crippen molar-refractivity contribution >= 4 is 17.4 Å². The Labute approximate surface area is 155 Å². The summed E-state index contributed by atoms with van der Waals surface area (Å²) in [6.07, 6.45) is 1.87. The topological polar surface area (TPSA) is 72.9 Å². The number of carbonyl (C=O) groups is 1. The highest BCUT2D eigenvalue weighted by Crippen LogP contribution is 2.20. The molecule has 1 aromatic heterocycles. The van der Waals surface area contributed by atoms with E-state index in [1.165, 1.54) is 6.07 Å². The molecule has 0 saturated carbocycles. The lowest BCUT2D eigenvalue weighted by Gasteiger charge is -2.10. The van der Waals surface area contributed by atoms with Gasteiger partial charge in [0.2, 0.25) is 5.91 Å². The van der Waals surface area contributed by atoms with E-state index in [9.17, 15) is 13.6 Å². The molecule has 0 bridgehead atoms. The zero-order valence-corrected chi connectivity index (χ0v) is 15.1. The largest absolute Gasteiger partial charge is 0.399 e. The average Bonchev–Trinajstić information content (AvgIpc) is 3.05. The van der Waals surface area contributed by atoms with Gasteiger partial charge in [0, 0.05) is 18.0 Å². The zero-order valence-electron chi connectivity index (χ0n) is 15.1. The van der Waals surface area contributed by atoms with E-state index in [-0.39, 0.29) is 18.9 Å². The molecule has 3 N–H and O–H groups in total. The standard InChI is InChI=1S/C20H20F2N4O/c1-12-13(2)18(23)6-4-15(12)10-20(27)24-19-7-8-26(25-19)11-14-3-5-16(21)17(22)9-14/h3-9H,10-11,23H2,1-2H3,(H,24,25,27). The number of nitrogens with one attached hydrogen (secondary N) is 1. The van der Waals surface area contributed by atoms with Crippen molar-refractivity contribution in [3.05, 3.63) is 76.5 Å². The second-order valence-corrected chi connectivity index (χ2v) is 6.44. The number of hydrogen-bond donors (Lipinski definition) is 2. The SMILES string of the molecule is Cc1c(N)ccc(CC(=O)Nc2ccn(Cc3ccc(F)c(F)c3)n2)c1C. The molecule has 7 heteroatoms. The van der Waals surface area contributed by atoms with Crippen molar-refractivity contribution in [2.75, 3.05) is 11.1 Å². The highest BCUT2D eigenvalue weighted by Gasteiger charge is 2.11. The van der Waals surface area contributed by atoms with Crippen LogP contribution in [0.1, 0.15) is 22.3 Å². The zero-order chi connectivity index (χ0) is 19.6. The Kier molecular flexibility index (Phi) is 5.21. The Hall–Kier alpha value is -3.22. The quantitative estimate of drug-likeness (QED) is 0.674. The fourth-order valence-electron chi connectivity index (χ4n) is 2.79. The van der Waals surface area contributed by atoms with Gasteiger partial charge >= 0.3 is 0 Å². The number of halogens is 2. The van der Waals surface area contributed by atoms with E-state index in [4.69, 9.17) is 5.73 Å². The molecule has 0 aliphatic rings. The number of aromatic nitrogens is 2. The second-order valence-electron chi connectivity index (χ2n) is 6.44. The van der Waals surface area contributed by atoms with E-state index < -0.39 is 11.6 Å². The molecular formula is C20H20F2N4O. The van der Waals surface area contributed by atoms with Gasteiger partial charge in [0.15, 0.2) is 17.5 Å². The van der Waals surface area contributed by atoms with Crippen molar-refractivity contribution in [3.8, 4) is 0 Å². The maximum absolute atomic E-state index is 13.3. The minimum atomic E-state index is -0.901. The Balaban J connectivity index is 1.64. The number of rotatable bonds is 5. The molecule has 1 amide bonds. The van der Waals surface area contributed by atoms with Crippen LogP contribution >= 0.6 is 0 Å². The summed E-state index contributed by atoms with van der Waals surface area (Å²) >= 11 is 0. The van der Waals surface area contributed by atoms with Gasteiger partial charge in [-0.15, -0.1) is 0 Å². The molecule has 0 radical (unpaired) electrons. The lowest BCUT2D eigenvalue weighted by atomic mass is 9.99. The van der Waals surface area contributed by atoms with Crippen LogP contribution in [0.4, 0.5) is 20.3 Å². The van der Waals surface area contributed by atoms with Gasteiger partial charge in [0.05, 0.1) is 13.0 Å². The number of amides is 1. The monoisotopic (exact) mass is 370 g/mol. The van der Waals surface area contributed by atoms with Gasteiger partial charge in [-0.2, -0.15) is 5.10 Å². The molecule has 5 nitrogen and oxygen atoms in total. The molecule has 0 aliphatic carbocycles. The Morgan fingerprint density at radius 2 is 1.89 bits per heavy atom. The van der Waals surface area contributed by atoms with E-state index in [2.05, 4.69) is 10.4 Å². The van der Waals surface area contributed by atoms with E-state index >= 15 is 0 Å².